The lowest BCUT2D eigenvalue weighted by Gasteiger charge is -2.37. The molecule has 0 spiro atoms. The number of hydrogen-bond acceptors (Lipinski definition) is 7. The molecular formula is C33H34F3NO7S2. The van der Waals surface area contributed by atoms with E-state index in [2.05, 4.69) is 4.74 Å². The Hall–Kier alpha value is -3.94. The Labute approximate surface area is 266 Å². The number of carbonyl (C=O) groups is 1. The predicted octanol–water partition coefficient (Wildman–Crippen LogP) is 6.96. The molecule has 13 heteroatoms. The number of furan rings is 1. The van der Waals surface area contributed by atoms with Crippen LogP contribution in [0.3, 0.4) is 0 Å². The number of nitrogens with zero attached hydrogens (tertiary/aromatic N) is 1. The molecule has 0 unspecified atom stereocenters. The molecule has 1 heterocycles. The highest BCUT2D eigenvalue weighted by atomic mass is 32.2. The van der Waals surface area contributed by atoms with Crippen molar-refractivity contribution in [3.05, 3.63) is 107 Å². The molecule has 0 aliphatic rings. The van der Waals surface area contributed by atoms with Gasteiger partial charge in [-0.15, -0.1) is 0 Å². The van der Waals surface area contributed by atoms with Gasteiger partial charge in [-0.25, -0.2) is 16.8 Å². The van der Waals surface area contributed by atoms with Crippen LogP contribution in [0.25, 0.3) is 11.1 Å². The SMILES string of the molecule is COC(=O)CS(=O)(=O)c1cccc(-c2ccc(CN(C(C)(C)c3ccc(C(F)(F)F)o3)S(=O)(=O)c3c(C)cc(C)cc3C)cc2)c1. The normalized spacial score (nSPS) is 12.8. The molecule has 46 heavy (non-hydrogen) atoms. The van der Waals surface area contributed by atoms with Crippen molar-refractivity contribution in [3.63, 3.8) is 0 Å². The van der Waals surface area contributed by atoms with E-state index in [1.807, 2.05) is 6.92 Å². The molecule has 0 N–H and O–H groups in total. The van der Waals surface area contributed by atoms with Crippen LogP contribution in [0, 0.1) is 20.8 Å². The van der Waals surface area contributed by atoms with Crippen LogP contribution < -0.4 is 0 Å². The Morgan fingerprint density at radius 1 is 0.826 bits per heavy atom. The fourth-order valence-corrected chi connectivity index (χ4v) is 8.69. The highest BCUT2D eigenvalue weighted by molar-refractivity contribution is 7.92. The van der Waals surface area contributed by atoms with Gasteiger partial charge in [0.15, 0.2) is 15.6 Å². The lowest BCUT2D eigenvalue weighted by atomic mass is 10.0. The van der Waals surface area contributed by atoms with E-state index in [4.69, 9.17) is 4.42 Å². The van der Waals surface area contributed by atoms with Crippen molar-refractivity contribution in [2.75, 3.05) is 12.9 Å². The molecule has 0 radical (unpaired) electrons. The number of rotatable bonds is 10. The molecule has 0 amide bonds. The second kappa shape index (κ2) is 12.7. The number of methoxy groups -OCH3 is 1. The standard InChI is InChI=1S/C33H34F3NO7S2/c1-21-16-22(2)31(23(3)17-21)46(41,42)37(32(4,5)28-14-15-29(44-28)33(34,35)36)19-24-10-12-25(13-11-24)26-8-7-9-27(18-26)45(39,40)20-30(38)43-6/h7-18H,19-20H2,1-6H3. The minimum absolute atomic E-state index is 0.0513. The third-order valence-corrected chi connectivity index (χ3v) is 11.5. The number of esters is 1. The van der Waals surface area contributed by atoms with Crippen LogP contribution in [-0.4, -0.2) is 40.0 Å². The first-order valence-corrected chi connectivity index (χ1v) is 17.1. The zero-order valence-electron chi connectivity index (χ0n) is 26.1. The summed E-state index contributed by atoms with van der Waals surface area (Å²) >= 11 is 0. The molecule has 246 valence electrons. The summed E-state index contributed by atoms with van der Waals surface area (Å²) in [4.78, 5) is 11.6. The molecule has 0 aliphatic carbocycles. The first kappa shape index (κ1) is 34.9. The molecule has 3 aromatic carbocycles. The number of alkyl halides is 3. The van der Waals surface area contributed by atoms with E-state index in [9.17, 15) is 34.8 Å². The lowest BCUT2D eigenvalue weighted by Crippen LogP contribution is -2.45. The maximum absolute atomic E-state index is 14.4. The molecule has 4 rings (SSSR count). The van der Waals surface area contributed by atoms with Gasteiger partial charge in [0, 0.05) is 6.54 Å². The zero-order chi connectivity index (χ0) is 34.2. The third kappa shape index (κ3) is 7.21. The van der Waals surface area contributed by atoms with Crippen LogP contribution in [0.5, 0.6) is 0 Å². The average Bonchev–Trinajstić information content (AvgIpc) is 3.48. The molecule has 4 aromatic rings. The first-order chi connectivity index (χ1) is 21.3. The van der Waals surface area contributed by atoms with E-state index in [0.29, 0.717) is 27.8 Å². The second-order valence-electron chi connectivity index (χ2n) is 11.5. The van der Waals surface area contributed by atoms with Crippen LogP contribution in [0.15, 0.2) is 87.0 Å². The number of halogens is 3. The van der Waals surface area contributed by atoms with E-state index in [-0.39, 0.29) is 22.1 Å². The van der Waals surface area contributed by atoms with Crippen LogP contribution >= 0.6 is 0 Å². The number of hydrogen-bond donors (Lipinski definition) is 0. The van der Waals surface area contributed by atoms with Crippen LogP contribution in [-0.2, 0) is 47.7 Å². The maximum atomic E-state index is 14.4. The number of benzene rings is 3. The average molecular weight is 678 g/mol. The van der Waals surface area contributed by atoms with Crippen molar-refractivity contribution in [2.45, 2.75) is 62.7 Å². The van der Waals surface area contributed by atoms with Crippen LogP contribution in [0.1, 0.15) is 47.6 Å². The van der Waals surface area contributed by atoms with Gasteiger partial charge in [0.1, 0.15) is 5.76 Å². The van der Waals surface area contributed by atoms with Gasteiger partial charge in [-0.1, -0.05) is 54.1 Å². The van der Waals surface area contributed by atoms with E-state index < -0.39 is 49.1 Å². The Morgan fingerprint density at radius 2 is 1.41 bits per heavy atom. The van der Waals surface area contributed by atoms with Gasteiger partial charge in [-0.05, 0) is 86.7 Å². The molecule has 0 fully saturated rings. The van der Waals surface area contributed by atoms with Crippen molar-refractivity contribution in [1.29, 1.82) is 0 Å². The van der Waals surface area contributed by atoms with Gasteiger partial charge >= 0.3 is 12.1 Å². The van der Waals surface area contributed by atoms with E-state index >= 15 is 0 Å². The van der Waals surface area contributed by atoms with Gasteiger partial charge < -0.3 is 9.15 Å². The van der Waals surface area contributed by atoms with Crippen molar-refractivity contribution < 1.29 is 44.0 Å². The number of carbonyl (C=O) groups excluding carboxylic acids is 1. The second-order valence-corrected chi connectivity index (χ2v) is 15.3. The Kier molecular flexibility index (Phi) is 9.63. The van der Waals surface area contributed by atoms with Crippen molar-refractivity contribution in [1.82, 2.24) is 4.31 Å². The predicted molar refractivity (Wildman–Crippen MR) is 166 cm³/mol. The Bertz CT molecular complexity index is 1960. The molecule has 0 bridgehead atoms. The van der Waals surface area contributed by atoms with Crippen molar-refractivity contribution in [2.24, 2.45) is 0 Å². The van der Waals surface area contributed by atoms with Crippen LogP contribution in [0.4, 0.5) is 13.2 Å². The fourth-order valence-electron chi connectivity index (χ4n) is 5.34. The smallest absolute Gasteiger partial charge is 0.449 e. The van der Waals surface area contributed by atoms with Crippen LogP contribution in [0.2, 0.25) is 0 Å². The van der Waals surface area contributed by atoms with Crippen molar-refractivity contribution in [3.8, 4) is 11.1 Å². The summed E-state index contributed by atoms with van der Waals surface area (Å²) in [5.74, 6) is -3.13. The van der Waals surface area contributed by atoms with Gasteiger partial charge in [0.25, 0.3) is 0 Å². The summed E-state index contributed by atoms with van der Waals surface area (Å²) in [6.07, 6.45) is -4.76. The highest BCUT2D eigenvalue weighted by Crippen LogP contribution is 2.40. The quantitative estimate of drug-likeness (QED) is 0.167. The fraction of sp³-hybridized carbons (Fsp3) is 0.303. The summed E-state index contributed by atoms with van der Waals surface area (Å²) < 4.78 is 105. The van der Waals surface area contributed by atoms with E-state index in [1.54, 1.807) is 56.3 Å². The molecule has 1 aromatic heterocycles. The molecule has 0 aliphatic heterocycles. The Balaban J connectivity index is 1.76. The number of sulfone groups is 1. The van der Waals surface area contributed by atoms with E-state index in [0.717, 1.165) is 29.1 Å². The molecule has 0 atom stereocenters. The lowest BCUT2D eigenvalue weighted by molar-refractivity contribution is -0.154. The number of sulfonamides is 1. The molecular weight excluding hydrogens is 643 g/mol. The zero-order valence-corrected chi connectivity index (χ0v) is 27.7. The summed E-state index contributed by atoms with van der Waals surface area (Å²) in [7, 11) is -7.18. The van der Waals surface area contributed by atoms with E-state index in [1.165, 1.54) is 32.0 Å². The highest BCUT2D eigenvalue weighted by Gasteiger charge is 2.44. The van der Waals surface area contributed by atoms with Crippen molar-refractivity contribution >= 4 is 25.8 Å². The molecule has 0 saturated carbocycles. The topological polar surface area (TPSA) is 111 Å². The van der Waals surface area contributed by atoms with Gasteiger partial charge in [-0.2, -0.15) is 17.5 Å². The molecule has 8 nitrogen and oxygen atoms in total. The number of aryl methyl sites for hydroxylation is 3. The van der Waals surface area contributed by atoms with Gasteiger partial charge in [-0.3, -0.25) is 4.79 Å². The monoisotopic (exact) mass is 677 g/mol. The van der Waals surface area contributed by atoms with Gasteiger partial charge in [0.2, 0.25) is 15.8 Å². The summed E-state index contributed by atoms with van der Waals surface area (Å²) in [5.41, 5.74) is 1.94. The minimum atomic E-state index is -4.76. The Morgan fingerprint density at radius 3 is 1.96 bits per heavy atom. The number of ether oxygens (including phenoxy) is 1. The minimum Gasteiger partial charge on any atom is -0.468 e. The summed E-state index contributed by atoms with van der Waals surface area (Å²) in [6, 6.07) is 18.0. The maximum Gasteiger partial charge on any atom is 0.449 e. The first-order valence-electron chi connectivity index (χ1n) is 14.0. The summed E-state index contributed by atoms with van der Waals surface area (Å²) in [5, 5.41) is 0. The summed E-state index contributed by atoms with van der Waals surface area (Å²) in [6.45, 7) is 7.92. The van der Waals surface area contributed by atoms with Gasteiger partial charge in [0.05, 0.1) is 22.4 Å². The molecule has 0 saturated heterocycles. The largest absolute Gasteiger partial charge is 0.468 e. The third-order valence-electron chi connectivity index (χ3n) is 7.61.